The number of rotatable bonds is 7. The van der Waals surface area contributed by atoms with Crippen molar-refractivity contribution in [3.05, 3.63) is 35.8 Å². The zero-order valence-electron chi connectivity index (χ0n) is 19.7. The van der Waals surface area contributed by atoms with Crippen molar-refractivity contribution in [2.24, 2.45) is 0 Å². The molecule has 1 saturated heterocycles. The molecule has 0 spiro atoms. The molecule has 1 aliphatic carbocycles. The monoisotopic (exact) mass is 474 g/mol. The lowest BCUT2D eigenvalue weighted by molar-refractivity contribution is -0.0529. The first-order valence-corrected chi connectivity index (χ1v) is 13.8. The highest BCUT2D eigenvalue weighted by atomic mass is 32.2. The predicted octanol–water partition coefficient (Wildman–Crippen LogP) is 3.52. The molecule has 1 saturated carbocycles. The molecule has 180 valence electrons. The summed E-state index contributed by atoms with van der Waals surface area (Å²) in [7, 11) is -3.31. The Morgan fingerprint density at radius 2 is 1.58 bits per heavy atom. The maximum absolute atomic E-state index is 11.7. The second-order valence-corrected chi connectivity index (χ2v) is 11.1. The molecule has 2 aliphatic rings. The molecule has 2 fully saturated rings. The molecule has 0 unspecified atom stereocenters. The first kappa shape index (κ1) is 23.9. The van der Waals surface area contributed by atoms with Crippen LogP contribution in [0.1, 0.15) is 56.7 Å². The van der Waals surface area contributed by atoms with Gasteiger partial charge in [-0.25, -0.2) is 23.4 Å². The van der Waals surface area contributed by atoms with E-state index in [2.05, 4.69) is 26.8 Å². The summed E-state index contributed by atoms with van der Waals surface area (Å²) in [6.07, 6.45) is 12.4. The van der Waals surface area contributed by atoms with Gasteiger partial charge in [-0.05, 0) is 69.6 Å². The third-order valence-corrected chi connectivity index (χ3v) is 7.50. The molecule has 3 heterocycles. The summed E-state index contributed by atoms with van der Waals surface area (Å²) >= 11 is 0. The summed E-state index contributed by atoms with van der Waals surface area (Å²) in [4.78, 5) is 15.4. The third-order valence-electron chi connectivity index (χ3n) is 6.52. The van der Waals surface area contributed by atoms with E-state index in [1.54, 1.807) is 13.0 Å². The van der Waals surface area contributed by atoms with Crippen molar-refractivity contribution < 1.29 is 17.9 Å². The Morgan fingerprint density at radius 3 is 2.15 bits per heavy atom. The lowest BCUT2D eigenvalue weighted by atomic mass is 9.94. The highest BCUT2D eigenvalue weighted by Gasteiger charge is 2.28. The number of piperidine rings is 1. The van der Waals surface area contributed by atoms with Gasteiger partial charge in [-0.1, -0.05) is 6.92 Å². The van der Waals surface area contributed by atoms with Crippen LogP contribution in [0.25, 0.3) is 0 Å². The Hall–Kier alpha value is -2.26. The van der Waals surface area contributed by atoms with Gasteiger partial charge in [-0.2, -0.15) is 0 Å². The summed E-state index contributed by atoms with van der Waals surface area (Å²) in [5, 5.41) is 0.0834. The van der Waals surface area contributed by atoms with Gasteiger partial charge in [-0.15, -0.1) is 0 Å². The van der Waals surface area contributed by atoms with Gasteiger partial charge >= 0.3 is 0 Å². The fraction of sp³-hybridized carbons (Fsp3) is 0.625. The van der Waals surface area contributed by atoms with Gasteiger partial charge < -0.3 is 14.4 Å². The first-order valence-electron chi connectivity index (χ1n) is 11.9. The van der Waals surface area contributed by atoms with E-state index in [0.717, 1.165) is 75.8 Å². The Morgan fingerprint density at radius 1 is 0.970 bits per heavy atom. The zero-order chi connectivity index (χ0) is 23.4. The second-order valence-electron chi connectivity index (χ2n) is 9.09. The third kappa shape index (κ3) is 6.20. The van der Waals surface area contributed by atoms with Crippen molar-refractivity contribution in [1.82, 2.24) is 15.0 Å². The topological polar surface area (TPSA) is 94.5 Å². The minimum absolute atomic E-state index is 0.0834. The second kappa shape index (κ2) is 10.3. The van der Waals surface area contributed by atoms with Crippen LogP contribution >= 0.6 is 0 Å². The molecule has 1 aliphatic heterocycles. The SMILES string of the molecule is CCc1cnc(N2CCC(O[C@H]3CC[C@H](Oc4ccc(S(C)(=O)=O)nc4C)CC3)CC2)nc1. The van der Waals surface area contributed by atoms with Gasteiger partial charge in [0.25, 0.3) is 0 Å². The largest absolute Gasteiger partial charge is 0.489 e. The molecular formula is C24H34N4O4S. The van der Waals surface area contributed by atoms with E-state index in [-0.39, 0.29) is 23.3 Å². The van der Waals surface area contributed by atoms with Gasteiger partial charge in [0.2, 0.25) is 5.95 Å². The fourth-order valence-corrected chi connectivity index (χ4v) is 5.10. The standard InChI is InChI=1S/C24H34N4O4S/c1-4-18-15-25-24(26-16-18)28-13-11-21(12-14-28)31-19-5-7-20(8-6-19)32-22-9-10-23(27-17(22)2)33(3,29)30/h9-10,15-16,19-21H,4-8,11-14H2,1-3H3/t19-,20-. The van der Waals surface area contributed by atoms with E-state index in [0.29, 0.717) is 11.4 Å². The van der Waals surface area contributed by atoms with Crippen molar-refractivity contribution in [3.63, 3.8) is 0 Å². The van der Waals surface area contributed by atoms with Crippen LogP contribution < -0.4 is 9.64 Å². The molecule has 9 heteroatoms. The fourth-order valence-electron chi connectivity index (χ4n) is 4.48. The van der Waals surface area contributed by atoms with Crippen LogP contribution in [0.4, 0.5) is 5.95 Å². The van der Waals surface area contributed by atoms with Gasteiger partial charge in [0.1, 0.15) is 5.75 Å². The average Bonchev–Trinajstić information content (AvgIpc) is 2.81. The van der Waals surface area contributed by atoms with Gasteiger partial charge in [0.05, 0.1) is 24.0 Å². The van der Waals surface area contributed by atoms with Crippen LogP contribution in [-0.2, 0) is 21.0 Å². The van der Waals surface area contributed by atoms with Crippen molar-refractivity contribution in [1.29, 1.82) is 0 Å². The zero-order valence-corrected chi connectivity index (χ0v) is 20.6. The Bertz CT molecular complexity index is 1030. The first-order chi connectivity index (χ1) is 15.8. The number of ether oxygens (including phenoxy) is 2. The lowest BCUT2D eigenvalue weighted by Crippen LogP contribution is -2.40. The molecular weight excluding hydrogens is 440 g/mol. The molecule has 8 nitrogen and oxygen atoms in total. The van der Waals surface area contributed by atoms with E-state index < -0.39 is 9.84 Å². The van der Waals surface area contributed by atoms with Crippen LogP contribution in [0.3, 0.4) is 0 Å². The number of nitrogens with zero attached hydrogens (tertiary/aromatic N) is 4. The number of hydrogen-bond donors (Lipinski definition) is 0. The summed E-state index contributed by atoms with van der Waals surface area (Å²) < 4.78 is 35.9. The van der Waals surface area contributed by atoms with Crippen molar-refractivity contribution >= 4 is 15.8 Å². The van der Waals surface area contributed by atoms with Crippen molar-refractivity contribution in [2.75, 3.05) is 24.2 Å². The summed E-state index contributed by atoms with van der Waals surface area (Å²) in [6.45, 7) is 5.74. The van der Waals surface area contributed by atoms with Crippen molar-refractivity contribution in [2.45, 2.75) is 82.1 Å². The highest BCUT2D eigenvalue weighted by Crippen LogP contribution is 2.29. The molecule has 0 atom stereocenters. The molecule has 0 amide bonds. The van der Waals surface area contributed by atoms with Crippen LogP contribution in [0.5, 0.6) is 5.75 Å². The average molecular weight is 475 g/mol. The molecule has 0 radical (unpaired) electrons. The summed E-state index contributed by atoms with van der Waals surface area (Å²) in [5.74, 6) is 1.48. The number of hydrogen-bond acceptors (Lipinski definition) is 8. The highest BCUT2D eigenvalue weighted by molar-refractivity contribution is 7.90. The van der Waals surface area contributed by atoms with E-state index in [9.17, 15) is 8.42 Å². The molecule has 0 bridgehead atoms. The Labute approximate surface area is 196 Å². The van der Waals surface area contributed by atoms with E-state index in [1.165, 1.54) is 6.07 Å². The van der Waals surface area contributed by atoms with E-state index in [4.69, 9.17) is 9.47 Å². The number of sulfone groups is 1. The number of aromatic nitrogens is 3. The maximum Gasteiger partial charge on any atom is 0.225 e. The smallest absolute Gasteiger partial charge is 0.225 e. The normalized spacial score (nSPS) is 22.3. The van der Waals surface area contributed by atoms with Crippen LogP contribution in [0, 0.1) is 6.92 Å². The van der Waals surface area contributed by atoms with Crippen LogP contribution in [0.15, 0.2) is 29.6 Å². The van der Waals surface area contributed by atoms with E-state index >= 15 is 0 Å². The molecule has 2 aromatic rings. The molecule has 2 aromatic heterocycles. The van der Waals surface area contributed by atoms with Crippen molar-refractivity contribution in [3.8, 4) is 5.75 Å². The lowest BCUT2D eigenvalue weighted by Gasteiger charge is -2.36. The molecule has 4 rings (SSSR count). The molecule has 0 N–H and O–H groups in total. The van der Waals surface area contributed by atoms with Gasteiger partial charge in [0, 0.05) is 31.7 Å². The summed E-state index contributed by atoms with van der Waals surface area (Å²) in [6, 6.07) is 3.23. The minimum atomic E-state index is -3.31. The van der Waals surface area contributed by atoms with Gasteiger partial charge in [0.15, 0.2) is 14.9 Å². The van der Waals surface area contributed by atoms with Crippen LogP contribution in [0.2, 0.25) is 0 Å². The number of pyridine rings is 1. The predicted molar refractivity (Wildman–Crippen MR) is 126 cm³/mol. The van der Waals surface area contributed by atoms with E-state index in [1.807, 2.05) is 12.4 Å². The molecule has 0 aromatic carbocycles. The maximum atomic E-state index is 11.7. The minimum Gasteiger partial charge on any atom is -0.489 e. The Balaban J connectivity index is 1.21. The molecule has 33 heavy (non-hydrogen) atoms. The quantitative estimate of drug-likeness (QED) is 0.602. The summed E-state index contributed by atoms with van der Waals surface area (Å²) in [5.41, 5.74) is 1.77. The Kier molecular flexibility index (Phi) is 7.48. The number of anilines is 1. The number of aryl methyl sites for hydroxylation is 2. The van der Waals surface area contributed by atoms with Crippen LogP contribution in [-0.4, -0.2) is 61.0 Å². The van der Waals surface area contributed by atoms with Gasteiger partial charge in [-0.3, -0.25) is 0 Å².